The van der Waals surface area contributed by atoms with Gasteiger partial charge in [-0.1, -0.05) is 13.0 Å². The maximum Gasteiger partial charge on any atom is 0.153 e. The predicted molar refractivity (Wildman–Crippen MR) is 81.3 cm³/mol. The monoisotopic (exact) mass is 349 g/mol. The minimum Gasteiger partial charge on any atom is -0.491 e. The van der Waals surface area contributed by atoms with Gasteiger partial charge in [0.05, 0.1) is 16.0 Å². The van der Waals surface area contributed by atoms with Gasteiger partial charge in [0.25, 0.3) is 0 Å². The van der Waals surface area contributed by atoms with E-state index in [1.807, 2.05) is 32.2 Å². The van der Waals surface area contributed by atoms with Crippen LogP contribution in [0.1, 0.15) is 18.9 Å². The fourth-order valence-corrected chi connectivity index (χ4v) is 3.37. The van der Waals surface area contributed by atoms with E-state index >= 15 is 0 Å². The maximum absolute atomic E-state index is 11.5. The van der Waals surface area contributed by atoms with Crippen molar-refractivity contribution in [2.75, 3.05) is 25.2 Å². The van der Waals surface area contributed by atoms with Crippen molar-refractivity contribution in [2.45, 2.75) is 19.9 Å². The van der Waals surface area contributed by atoms with Crippen LogP contribution >= 0.6 is 15.9 Å². The van der Waals surface area contributed by atoms with Gasteiger partial charge in [-0.2, -0.15) is 0 Å². The normalized spacial score (nSPS) is 11.5. The Labute approximate surface area is 123 Å². The van der Waals surface area contributed by atoms with Crippen LogP contribution in [0.4, 0.5) is 0 Å². The molecule has 1 rings (SSSR count). The summed E-state index contributed by atoms with van der Waals surface area (Å²) in [5.74, 6) is 0.955. The molecule has 0 aliphatic carbocycles. The van der Waals surface area contributed by atoms with Crippen molar-refractivity contribution in [2.24, 2.45) is 0 Å². The highest BCUT2D eigenvalue weighted by Gasteiger charge is 2.10. The minimum atomic E-state index is -2.98. The molecule has 1 aromatic carbocycles. The third-order valence-corrected chi connectivity index (χ3v) is 4.98. The van der Waals surface area contributed by atoms with Gasteiger partial charge in [-0.15, -0.1) is 0 Å². The van der Waals surface area contributed by atoms with Gasteiger partial charge in [-0.05, 0) is 47.1 Å². The second kappa shape index (κ2) is 7.87. The van der Waals surface area contributed by atoms with Crippen LogP contribution in [0.25, 0.3) is 0 Å². The summed E-state index contributed by atoms with van der Waals surface area (Å²) in [5, 5.41) is 3.07. The Kier molecular flexibility index (Phi) is 6.82. The molecule has 0 radical (unpaired) electrons. The number of nitrogens with one attached hydrogen (secondary N) is 1. The first kappa shape index (κ1) is 16.5. The van der Waals surface area contributed by atoms with E-state index in [9.17, 15) is 8.42 Å². The lowest BCUT2D eigenvalue weighted by atomic mass is 10.2. The zero-order valence-electron chi connectivity index (χ0n) is 11.3. The standard InChI is InChI=1S/C13H20BrNO3S/c1-3-7-19(16,17)8-6-18-13-5-4-11(10-15-2)9-12(13)14/h4-5,9,15H,3,6-8,10H2,1-2H3. The minimum absolute atomic E-state index is 0.0611. The molecule has 0 amide bonds. The van der Waals surface area contributed by atoms with Gasteiger partial charge >= 0.3 is 0 Å². The molecule has 0 fully saturated rings. The Morgan fingerprint density at radius 2 is 2.05 bits per heavy atom. The van der Waals surface area contributed by atoms with Gasteiger partial charge in [0.15, 0.2) is 9.84 Å². The van der Waals surface area contributed by atoms with Gasteiger partial charge in [-0.25, -0.2) is 8.42 Å². The molecule has 0 bridgehead atoms. The second-order valence-corrected chi connectivity index (χ2v) is 7.45. The first-order valence-corrected chi connectivity index (χ1v) is 8.86. The lowest BCUT2D eigenvalue weighted by Gasteiger charge is -2.10. The molecule has 0 atom stereocenters. The molecule has 1 aromatic rings. The van der Waals surface area contributed by atoms with Gasteiger partial charge in [0.2, 0.25) is 0 Å². The predicted octanol–water partition coefficient (Wildman–Crippen LogP) is 2.37. The van der Waals surface area contributed by atoms with E-state index in [-0.39, 0.29) is 18.1 Å². The molecule has 19 heavy (non-hydrogen) atoms. The van der Waals surface area contributed by atoms with Crippen LogP contribution in [0, 0.1) is 0 Å². The van der Waals surface area contributed by atoms with Crippen LogP contribution in [0.5, 0.6) is 5.75 Å². The maximum atomic E-state index is 11.5. The summed E-state index contributed by atoms with van der Waals surface area (Å²) in [6.45, 7) is 2.82. The summed E-state index contributed by atoms with van der Waals surface area (Å²) in [7, 11) is -1.10. The summed E-state index contributed by atoms with van der Waals surface area (Å²) in [4.78, 5) is 0. The van der Waals surface area contributed by atoms with Crippen molar-refractivity contribution in [3.05, 3.63) is 28.2 Å². The van der Waals surface area contributed by atoms with Crippen LogP contribution in [0.3, 0.4) is 0 Å². The first-order chi connectivity index (χ1) is 8.98. The van der Waals surface area contributed by atoms with E-state index in [2.05, 4.69) is 21.2 Å². The van der Waals surface area contributed by atoms with E-state index in [4.69, 9.17) is 4.74 Å². The highest BCUT2D eigenvalue weighted by molar-refractivity contribution is 9.10. The molecule has 0 spiro atoms. The van der Waals surface area contributed by atoms with Crippen molar-refractivity contribution in [3.63, 3.8) is 0 Å². The number of hydrogen-bond acceptors (Lipinski definition) is 4. The summed E-state index contributed by atoms with van der Waals surface area (Å²) in [5.41, 5.74) is 1.14. The van der Waals surface area contributed by atoms with Gasteiger partial charge in [0.1, 0.15) is 12.4 Å². The Morgan fingerprint density at radius 1 is 1.32 bits per heavy atom. The Bertz CT molecular complexity index is 503. The summed E-state index contributed by atoms with van der Waals surface area (Å²) in [6, 6.07) is 5.77. The number of ether oxygens (including phenoxy) is 1. The average molecular weight is 350 g/mol. The third kappa shape index (κ3) is 5.93. The molecule has 0 aromatic heterocycles. The molecule has 0 aliphatic heterocycles. The Balaban J connectivity index is 2.54. The van der Waals surface area contributed by atoms with E-state index < -0.39 is 9.84 Å². The van der Waals surface area contributed by atoms with Gasteiger partial charge < -0.3 is 10.1 Å². The number of rotatable bonds is 8. The zero-order chi connectivity index (χ0) is 14.3. The Morgan fingerprint density at radius 3 is 2.63 bits per heavy atom. The molecule has 6 heteroatoms. The molecule has 0 unspecified atom stereocenters. The molecule has 1 N–H and O–H groups in total. The summed E-state index contributed by atoms with van der Waals surface area (Å²) >= 11 is 3.43. The van der Waals surface area contributed by atoms with Crippen molar-refractivity contribution in [1.82, 2.24) is 5.32 Å². The second-order valence-electron chi connectivity index (χ2n) is 4.30. The Hall–Kier alpha value is -0.590. The third-order valence-electron chi connectivity index (χ3n) is 2.54. The van der Waals surface area contributed by atoms with E-state index in [1.54, 1.807) is 0 Å². The van der Waals surface area contributed by atoms with Crippen LogP contribution in [0.15, 0.2) is 22.7 Å². The topological polar surface area (TPSA) is 55.4 Å². The highest BCUT2D eigenvalue weighted by Crippen LogP contribution is 2.26. The molecular formula is C13H20BrNO3S. The SMILES string of the molecule is CCCS(=O)(=O)CCOc1ccc(CNC)cc1Br. The average Bonchev–Trinajstić information content (AvgIpc) is 2.32. The van der Waals surface area contributed by atoms with Crippen molar-refractivity contribution in [3.8, 4) is 5.75 Å². The van der Waals surface area contributed by atoms with Crippen LogP contribution in [0.2, 0.25) is 0 Å². The number of halogens is 1. The molecule has 4 nitrogen and oxygen atoms in total. The van der Waals surface area contributed by atoms with Crippen LogP contribution < -0.4 is 10.1 Å². The van der Waals surface area contributed by atoms with E-state index in [1.165, 1.54) is 0 Å². The molecule has 0 saturated carbocycles. The van der Waals surface area contributed by atoms with Crippen LogP contribution in [-0.2, 0) is 16.4 Å². The zero-order valence-corrected chi connectivity index (χ0v) is 13.7. The van der Waals surface area contributed by atoms with Crippen LogP contribution in [-0.4, -0.2) is 33.6 Å². The van der Waals surface area contributed by atoms with E-state index in [0.717, 1.165) is 16.6 Å². The lowest BCUT2D eigenvalue weighted by Crippen LogP contribution is -2.16. The first-order valence-electron chi connectivity index (χ1n) is 6.24. The molecule has 108 valence electrons. The number of hydrogen-bond donors (Lipinski definition) is 1. The lowest BCUT2D eigenvalue weighted by molar-refractivity contribution is 0.338. The fourth-order valence-electron chi connectivity index (χ4n) is 1.67. The molecule has 0 aliphatic rings. The van der Waals surface area contributed by atoms with Crippen molar-refractivity contribution >= 4 is 25.8 Å². The molecule has 0 heterocycles. The summed E-state index contributed by atoms with van der Waals surface area (Å²) in [6.07, 6.45) is 0.644. The van der Waals surface area contributed by atoms with Gasteiger partial charge in [0, 0.05) is 6.54 Å². The van der Waals surface area contributed by atoms with Crippen molar-refractivity contribution < 1.29 is 13.2 Å². The number of benzene rings is 1. The number of sulfone groups is 1. The smallest absolute Gasteiger partial charge is 0.153 e. The largest absolute Gasteiger partial charge is 0.491 e. The highest BCUT2D eigenvalue weighted by atomic mass is 79.9. The van der Waals surface area contributed by atoms with E-state index in [0.29, 0.717) is 12.2 Å². The quantitative estimate of drug-likeness (QED) is 0.782. The fraction of sp³-hybridized carbons (Fsp3) is 0.538. The summed E-state index contributed by atoms with van der Waals surface area (Å²) < 4.78 is 29.4. The van der Waals surface area contributed by atoms with Crippen molar-refractivity contribution in [1.29, 1.82) is 0 Å². The molecule has 0 saturated heterocycles. The van der Waals surface area contributed by atoms with Gasteiger partial charge in [-0.3, -0.25) is 0 Å². The molecular weight excluding hydrogens is 330 g/mol.